The van der Waals surface area contributed by atoms with Crippen LogP contribution < -0.4 is 0 Å². The Hall–Kier alpha value is 0.580. The van der Waals surface area contributed by atoms with Crippen LogP contribution in [0.1, 0.15) is 39.9 Å². The first-order valence-electron chi connectivity index (χ1n) is 5.86. The Balaban J connectivity index is 1.95. The summed E-state index contributed by atoms with van der Waals surface area (Å²) in [5.41, 5.74) is -0.0646. The molecule has 0 N–H and O–H groups in total. The molecule has 4 aliphatic rings. The molecule has 0 aromatic carbocycles. The maximum atomic E-state index is 7.94. The van der Waals surface area contributed by atoms with E-state index in [0.717, 1.165) is 37.0 Å². The highest BCUT2D eigenvalue weighted by Gasteiger charge is 2.53. The molecule has 0 amide bonds. The second kappa shape index (κ2) is 2.79. The molecule has 0 heterocycles. The van der Waals surface area contributed by atoms with E-state index in [2.05, 4.69) is 0 Å². The second-order valence-electron chi connectivity index (χ2n) is 5.46. The summed E-state index contributed by atoms with van der Waals surface area (Å²) in [6, 6.07) is 0. The third-order valence-electron chi connectivity index (χ3n) is 4.44. The van der Waals surface area contributed by atoms with Crippen LogP contribution in [-0.4, -0.2) is 4.81 Å². The van der Waals surface area contributed by atoms with Gasteiger partial charge in [-0.15, -0.1) is 23.2 Å². The zero-order chi connectivity index (χ0) is 9.97. The van der Waals surface area contributed by atoms with Gasteiger partial charge in [0.1, 0.15) is 4.81 Å². The summed E-state index contributed by atoms with van der Waals surface area (Å²) in [5.74, 6) is 2.47. The van der Waals surface area contributed by atoms with Crippen LogP contribution in [0.3, 0.4) is 0 Å². The van der Waals surface area contributed by atoms with Crippen LogP contribution in [0.2, 0.25) is 0 Å². The van der Waals surface area contributed by atoms with Crippen LogP contribution in [0.25, 0.3) is 0 Å². The number of hydrogen-bond donors (Lipinski definition) is 0. The van der Waals surface area contributed by atoms with Crippen LogP contribution in [0.4, 0.5) is 0 Å². The van der Waals surface area contributed by atoms with Gasteiger partial charge in [0.25, 0.3) is 0 Å². The van der Waals surface area contributed by atoms with Crippen molar-refractivity contribution in [2.75, 3.05) is 0 Å². The third kappa shape index (κ3) is 1.25. The first kappa shape index (κ1) is 7.82. The first-order chi connectivity index (χ1) is 6.48. The molecule has 0 unspecified atom stereocenters. The quantitative estimate of drug-likeness (QED) is 0.586. The Morgan fingerprint density at radius 2 is 1.38 bits per heavy atom. The Labute approximate surface area is 91.4 Å². The summed E-state index contributed by atoms with van der Waals surface area (Å²) in [6.45, 7) is 0. The van der Waals surface area contributed by atoms with Crippen LogP contribution in [0.5, 0.6) is 0 Å². The van der Waals surface area contributed by atoms with E-state index in [0.29, 0.717) is 0 Å². The fourth-order valence-electron chi connectivity index (χ4n) is 4.34. The van der Waals surface area contributed by atoms with Gasteiger partial charge >= 0.3 is 0 Å². The maximum Gasteiger partial charge on any atom is 0.113 e. The van der Waals surface area contributed by atoms with Crippen molar-refractivity contribution in [1.82, 2.24) is 0 Å². The standard InChI is InChI=1S/C11H16Cl2/c12-10(13)11-4-7-1-8(5-11)3-9(2-7)6-11/h7-10H,1-6H2/i10D. The van der Waals surface area contributed by atoms with Gasteiger partial charge in [0.2, 0.25) is 0 Å². The van der Waals surface area contributed by atoms with E-state index in [4.69, 9.17) is 24.6 Å². The molecule has 4 bridgehead atoms. The molecule has 0 radical (unpaired) electrons. The maximum absolute atomic E-state index is 7.94. The molecule has 0 spiro atoms. The minimum atomic E-state index is -1.25. The lowest BCUT2D eigenvalue weighted by Gasteiger charge is -2.57. The highest BCUT2D eigenvalue weighted by atomic mass is 35.5. The van der Waals surface area contributed by atoms with Gasteiger partial charge in [0.15, 0.2) is 0 Å². The normalized spacial score (nSPS) is 55.2. The zero-order valence-electron chi connectivity index (χ0n) is 8.73. The van der Waals surface area contributed by atoms with Crippen LogP contribution in [-0.2, 0) is 0 Å². The number of hydrogen-bond acceptors (Lipinski definition) is 0. The van der Waals surface area contributed by atoms with Gasteiger partial charge in [-0.05, 0) is 56.3 Å². The van der Waals surface area contributed by atoms with Gasteiger partial charge in [-0.1, -0.05) is 0 Å². The van der Waals surface area contributed by atoms with Crippen molar-refractivity contribution in [3.05, 3.63) is 0 Å². The molecular weight excluding hydrogens is 203 g/mol. The SMILES string of the molecule is [2H]C(Cl)(Cl)C12CC3CC(CC(C3)C1)C2. The van der Waals surface area contributed by atoms with E-state index in [9.17, 15) is 0 Å². The Bertz CT molecular complexity index is 221. The van der Waals surface area contributed by atoms with Crippen molar-refractivity contribution >= 4 is 23.2 Å². The molecule has 2 heteroatoms. The van der Waals surface area contributed by atoms with E-state index in [1.165, 1.54) is 19.3 Å². The third-order valence-corrected chi connectivity index (χ3v) is 5.24. The van der Waals surface area contributed by atoms with Crippen LogP contribution in [0, 0.1) is 23.2 Å². The minimum Gasteiger partial charge on any atom is -0.105 e. The lowest BCUT2D eigenvalue weighted by molar-refractivity contribution is -0.0444. The summed E-state index contributed by atoms with van der Waals surface area (Å²) in [5, 5.41) is 0. The molecule has 0 saturated heterocycles. The average molecular weight is 220 g/mol. The molecular formula is C11H16Cl2. The first-order valence-corrected chi connectivity index (χ1v) is 6.12. The lowest BCUT2D eigenvalue weighted by atomic mass is 9.50. The predicted molar refractivity (Wildman–Crippen MR) is 56.1 cm³/mol. The highest BCUT2D eigenvalue weighted by molar-refractivity contribution is 6.44. The smallest absolute Gasteiger partial charge is 0.105 e. The Kier molecular flexibility index (Phi) is 1.68. The van der Waals surface area contributed by atoms with E-state index in [1.807, 2.05) is 0 Å². The van der Waals surface area contributed by atoms with Gasteiger partial charge in [-0.3, -0.25) is 0 Å². The molecule has 13 heavy (non-hydrogen) atoms. The number of rotatable bonds is 1. The van der Waals surface area contributed by atoms with Crippen LogP contribution in [0.15, 0.2) is 0 Å². The molecule has 4 aliphatic carbocycles. The second-order valence-corrected chi connectivity index (χ2v) is 6.41. The summed E-state index contributed by atoms with van der Waals surface area (Å²) < 4.78 is 7.94. The summed E-state index contributed by atoms with van der Waals surface area (Å²) in [4.78, 5) is -1.25. The molecule has 4 saturated carbocycles. The molecule has 0 aromatic rings. The molecule has 0 aromatic heterocycles. The summed E-state index contributed by atoms with van der Waals surface area (Å²) in [7, 11) is 0. The molecule has 74 valence electrons. The number of alkyl halides is 2. The van der Waals surface area contributed by atoms with Gasteiger partial charge < -0.3 is 0 Å². The van der Waals surface area contributed by atoms with Crippen molar-refractivity contribution in [2.24, 2.45) is 23.2 Å². The fourth-order valence-corrected chi connectivity index (χ4v) is 4.81. The van der Waals surface area contributed by atoms with Crippen LogP contribution >= 0.6 is 23.2 Å². The van der Waals surface area contributed by atoms with E-state index in [-0.39, 0.29) is 5.41 Å². The molecule has 4 rings (SSSR count). The average Bonchev–Trinajstić information content (AvgIpc) is 1.98. The molecule has 0 nitrogen and oxygen atoms in total. The monoisotopic (exact) mass is 219 g/mol. The molecule has 0 atom stereocenters. The largest absolute Gasteiger partial charge is 0.113 e. The molecule has 0 aliphatic heterocycles. The van der Waals surface area contributed by atoms with Crippen molar-refractivity contribution in [3.8, 4) is 0 Å². The van der Waals surface area contributed by atoms with Crippen molar-refractivity contribution in [1.29, 1.82) is 0 Å². The lowest BCUT2D eigenvalue weighted by Crippen LogP contribution is -2.48. The zero-order valence-corrected chi connectivity index (χ0v) is 9.24. The molecule has 4 fully saturated rings. The Morgan fingerprint density at radius 3 is 1.69 bits per heavy atom. The van der Waals surface area contributed by atoms with Gasteiger partial charge in [-0.25, -0.2) is 0 Å². The van der Waals surface area contributed by atoms with Crippen molar-refractivity contribution in [3.63, 3.8) is 0 Å². The van der Waals surface area contributed by atoms with Gasteiger partial charge in [0, 0.05) is 5.41 Å². The van der Waals surface area contributed by atoms with E-state index in [1.54, 1.807) is 0 Å². The topological polar surface area (TPSA) is 0 Å². The van der Waals surface area contributed by atoms with Crippen molar-refractivity contribution in [2.45, 2.75) is 43.3 Å². The minimum absolute atomic E-state index is 0.0646. The number of halogens is 2. The highest BCUT2D eigenvalue weighted by Crippen LogP contribution is 2.62. The predicted octanol–water partition coefficient (Wildman–Crippen LogP) is 4.01. The van der Waals surface area contributed by atoms with E-state index >= 15 is 0 Å². The van der Waals surface area contributed by atoms with Gasteiger partial charge in [-0.2, -0.15) is 0 Å². The van der Waals surface area contributed by atoms with Crippen molar-refractivity contribution < 1.29 is 1.37 Å². The Morgan fingerprint density at radius 1 is 1.00 bits per heavy atom. The summed E-state index contributed by atoms with van der Waals surface area (Å²) >= 11 is 12.2. The summed E-state index contributed by atoms with van der Waals surface area (Å²) in [6.07, 6.45) is 7.45. The van der Waals surface area contributed by atoms with Gasteiger partial charge in [0.05, 0.1) is 1.37 Å². The van der Waals surface area contributed by atoms with E-state index < -0.39 is 4.81 Å². The fraction of sp³-hybridized carbons (Fsp3) is 1.00.